The highest BCUT2D eigenvalue weighted by Crippen LogP contribution is 2.22. The van der Waals surface area contributed by atoms with Gasteiger partial charge in [0.15, 0.2) is 0 Å². The molecule has 0 saturated carbocycles. The van der Waals surface area contributed by atoms with E-state index in [4.69, 9.17) is 22.4 Å². The second kappa shape index (κ2) is 7.33. The molecule has 0 atom stereocenters. The first kappa shape index (κ1) is 15.8. The molecular weight excluding hydrogens is 266 g/mol. The molecule has 5 nitrogen and oxygen atoms in total. The van der Waals surface area contributed by atoms with Crippen LogP contribution in [0.25, 0.3) is 0 Å². The maximum absolute atomic E-state index is 11.9. The van der Waals surface area contributed by atoms with Crippen LogP contribution in [0.5, 0.6) is 0 Å². The molecule has 19 heavy (non-hydrogen) atoms. The van der Waals surface area contributed by atoms with Crippen LogP contribution < -0.4 is 11.1 Å². The number of carbonyl (C=O) groups is 1. The molecule has 0 heterocycles. The van der Waals surface area contributed by atoms with Crippen molar-refractivity contribution in [2.75, 3.05) is 30.7 Å². The van der Waals surface area contributed by atoms with Gasteiger partial charge in [0, 0.05) is 17.6 Å². The fourth-order valence-electron chi connectivity index (χ4n) is 1.67. The van der Waals surface area contributed by atoms with Crippen molar-refractivity contribution in [1.29, 1.82) is 0 Å². The summed E-state index contributed by atoms with van der Waals surface area (Å²) in [5.41, 5.74) is 6.74. The molecule has 0 aliphatic carbocycles. The first-order valence-corrected chi connectivity index (χ1v) is 6.51. The first-order valence-electron chi connectivity index (χ1n) is 6.13. The highest BCUT2D eigenvalue weighted by Gasteiger charge is 2.14. The predicted octanol–water partition coefficient (Wildman–Crippen LogP) is 1.56. The minimum atomic E-state index is -0.170. The van der Waals surface area contributed by atoms with E-state index >= 15 is 0 Å². The SMILES string of the molecule is CC(C)N(CCO)CC(=O)Nc1ccc(Cl)cc1N. The Kier molecular flexibility index (Phi) is 6.08. The Labute approximate surface area is 118 Å². The van der Waals surface area contributed by atoms with Gasteiger partial charge >= 0.3 is 0 Å². The average molecular weight is 286 g/mol. The van der Waals surface area contributed by atoms with Crippen molar-refractivity contribution in [2.45, 2.75) is 19.9 Å². The number of aliphatic hydroxyl groups is 1. The van der Waals surface area contributed by atoms with E-state index < -0.39 is 0 Å². The Morgan fingerprint density at radius 1 is 1.53 bits per heavy atom. The Bertz CT molecular complexity index is 438. The van der Waals surface area contributed by atoms with Crippen molar-refractivity contribution < 1.29 is 9.90 Å². The van der Waals surface area contributed by atoms with Crippen LogP contribution in [0.3, 0.4) is 0 Å². The van der Waals surface area contributed by atoms with Crippen LogP contribution in [0.4, 0.5) is 11.4 Å². The lowest BCUT2D eigenvalue weighted by atomic mass is 10.2. The molecule has 0 saturated heterocycles. The number of nitrogen functional groups attached to an aromatic ring is 1. The quantitative estimate of drug-likeness (QED) is 0.693. The van der Waals surface area contributed by atoms with Gasteiger partial charge in [-0.15, -0.1) is 0 Å². The van der Waals surface area contributed by atoms with Crippen molar-refractivity contribution in [3.63, 3.8) is 0 Å². The van der Waals surface area contributed by atoms with Gasteiger partial charge in [-0.2, -0.15) is 0 Å². The maximum Gasteiger partial charge on any atom is 0.238 e. The number of hydrogen-bond acceptors (Lipinski definition) is 4. The number of nitrogens with one attached hydrogen (secondary N) is 1. The van der Waals surface area contributed by atoms with E-state index in [1.807, 2.05) is 18.7 Å². The number of aliphatic hydroxyl groups excluding tert-OH is 1. The van der Waals surface area contributed by atoms with Gasteiger partial charge in [-0.05, 0) is 32.0 Å². The lowest BCUT2D eigenvalue weighted by Gasteiger charge is -2.24. The lowest BCUT2D eigenvalue weighted by Crippen LogP contribution is -2.39. The van der Waals surface area contributed by atoms with E-state index in [0.717, 1.165) is 0 Å². The summed E-state index contributed by atoms with van der Waals surface area (Å²) < 4.78 is 0. The number of carbonyl (C=O) groups excluding carboxylic acids is 1. The van der Waals surface area contributed by atoms with E-state index in [-0.39, 0.29) is 25.1 Å². The number of rotatable bonds is 6. The van der Waals surface area contributed by atoms with Crippen molar-refractivity contribution in [1.82, 2.24) is 4.90 Å². The Balaban J connectivity index is 2.63. The summed E-state index contributed by atoms with van der Waals surface area (Å²) >= 11 is 5.79. The fourth-order valence-corrected chi connectivity index (χ4v) is 1.85. The predicted molar refractivity (Wildman–Crippen MR) is 78.3 cm³/mol. The highest BCUT2D eigenvalue weighted by atomic mass is 35.5. The molecule has 1 rings (SSSR count). The Morgan fingerprint density at radius 3 is 2.74 bits per heavy atom. The number of hydrogen-bond donors (Lipinski definition) is 3. The minimum Gasteiger partial charge on any atom is -0.397 e. The van der Waals surface area contributed by atoms with Gasteiger partial charge < -0.3 is 16.2 Å². The number of halogens is 1. The smallest absolute Gasteiger partial charge is 0.238 e. The standard InChI is InChI=1S/C13H20ClN3O2/c1-9(2)17(5-6-18)8-13(19)16-12-4-3-10(14)7-11(12)15/h3-4,7,9,18H,5-6,8,15H2,1-2H3,(H,16,19). The van der Waals surface area contributed by atoms with Gasteiger partial charge in [0.05, 0.1) is 24.5 Å². The normalized spacial score (nSPS) is 11.1. The zero-order valence-corrected chi connectivity index (χ0v) is 11.9. The molecule has 106 valence electrons. The maximum atomic E-state index is 11.9. The molecule has 0 aromatic heterocycles. The average Bonchev–Trinajstić information content (AvgIpc) is 2.32. The molecule has 0 aliphatic heterocycles. The van der Waals surface area contributed by atoms with Gasteiger partial charge in [-0.3, -0.25) is 9.69 Å². The third-order valence-electron chi connectivity index (χ3n) is 2.75. The number of benzene rings is 1. The van der Waals surface area contributed by atoms with Crippen molar-refractivity contribution in [3.8, 4) is 0 Å². The van der Waals surface area contributed by atoms with Crippen LogP contribution >= 0.6 is 11.6 Å². The molecule has 0 bridgehead atoms. The van der Waals surface area contributed by atoms with E-state index in [9.17, 15) is 4.79 Å². The third kappa shape index (κ3) is 5.06. The third-order valence-corrected chi connectivity index (χ3v) is 2.99. The van der Waals surface area contributed by atoms with Gasteiger partial charge in [0.25, 0.3) is 0 Å². The van der Waals surface area contributed by atoms with Crippen LogP contribution in [-0.4, -0.2) is 41.7 Å². The second-order valence-corrected chi connectivity index (χ2v) is 5.00. The molecule has 1 aromatic rings. The summed E-state index contributed by atoms with van der Waals surface area (Å²) in [7, 11) is 0. The molecule has 0 spiro atoms. The van der Waals surface area contributed by atoms with Crippen LogP contribution in [-0.2, 0) is 4.79 Å². The van der Waals surface area contributed by atoms with E-state index in [0.29, 0.717) is 22.9 Å². The minimum absolute atomic E-state index is 0.0224. The number of anilines is 2. The molecule has 0 aliphatic rings. The van der Waals surface area contributed by atoms with Crippen LogP contribution in [0.1, 0.15) is 13.8 Å². The van der Waals surface area contributed by atoms with Gasteiger partial charge in [-0.25, -0.2) is 0 Å². The Morgan fingerprint density at radius 2 is 2.21 bits per heavy atom. The monoisotopic (exact) mass is 285 g/mol. The number of nitrogens with zero attached hydrogens (tertiary/aromatic N) is 1. The summed E-state index contributed by atoms with van der Waals surface area (Å²) in [6, 6.07) is 5.11. The summed E-state index contributed by atoms with van der Waals surface area (Å²) in [5.74, 6) is -0.170. The van der Waals surface area contributed by atoms with Gasteiger partial charge in [0.2, 0.25) is 5.91 Å². The van der Waals surface area contributed by atoms with Crippen molar-refractivity contribution in [3.05, 3.63) is 23.2 Å². The number of nitrogens with two attached hydrogens (primary N) is 1. The van der Waals surface area contributed by atoms with E-state index in [1.54, 1.807) is 18.2 Å². The first-order chi connectivity index (χ1) is 8.93. The topological polar surface area (TPSA) is 78.6 Å². The van der Waals surface area contributed by atoms with Crippen LogP contribution in [0.15, 0.2) is 18.2 Å². The van der Waals surface area contributed by atoms with E-state index in [2.05, 4.69) is 5.32 Å². The molecule has 0 fully saturated rings. The Hall–Kier alpha value is -1.30. The summed E-state index contributed by atoms with van der Waals surface area (Å²) in [4.78, 5) is 13.8. The second-order valence-electron chi connectivity index (χ2n) is 4.57. The van der Waals surface area contributed by atoms with Crippen LogP contribution in [0, 0.1) is 0 Å². The van der Waals surface area contributed by atoms with Gasteiger partial charge in [-0.1, -0.05) is 11.6 Å². The molecule has 0 unspecified atom stereocenters. The molecular formula is C13H20ClN3O2. The van der Waals surface area contributed by atoms with Crippen molar-refractivity contribution >= 4 is 28.9 Å². The number of amides is 1. The largest absolute Gasteiger partial charge is 0.397 e. The zero-order valence-electron chi connectivity index (χ0n) is 11.2. The molecule has 4 N–H and O–H groups in total. The fraction of sp³-hybridized carbons (Fsp3) is 0.462. The zero-order chi connectivity index (χ0) is 14.4. The van der Waals surface area contributed by atoms with E-state index in [1.165, 1.54) is 0 Å². The summed E-state index contributed by atoms with van der Waals surface area (Å²) in [5, 5.41) is 12.2. The molecule has 1 aromatic carbocycles. The van der Waals surface area contributed by atoms with Crippen molar-refractivity contribution in [2.24, 2.45) is 0 Å². The summed E-state index contributed by atoms with van der Waals surface area (Å²) in [6.45, 7) is 4.63. The molecule has 6 heteroatoms. The highest BCUT2D eigenvalue weighted by molar-refractivity contribution is 6.31. The molecule has 0 radical (unpaired) electrons. The van der Waals surface area contributed by atoms with Crippen LogP contribution in [0.2, 0.25) is 5.02 Å². The molecule has 1 amide bonds. The van der Waals surface area contributed by atoms with Gasteiger partial charge in [0.1, 0.15) is 0 Å². The lowest BCUT2D eigenvalue weighted by molar-refractivity contribution is -0.117. The summed E-state index contributed by atoms with van der Waals surface area (Å²) in [6.07, 6.45) is 0.